The van der Waals surface area contributed by atoms with Gasteiger partial charge in [-0.2, -0.15) is 0 Å². The van der Waals surface area contributed by atoms with Gasteiger partial charge in [0.25, 0.3) is 0 Å². The summed E-state index contributed by atoms with van der Waals surface area (Å²) in [6.07, 6.45) is 6.58. The minimum absolute atomic E-state index is 0.0179. The van der Waals surface area contributed by atoms with Crippen LogP contribution < -0.4 is 4.74 Å². The Morgan fingerprint density at radius 1 is 1.00 bits per heavy atom. The van der Waals surface area contributed by atoms with Crippen molar-refractivity contribution in [2.45, 2.75) is 84.5 Å². The maximum absolute atomic E-state index is 12.3. The molecule has 1 saturated carbocycles. The molecule has 1 unspecified atom stereocenters. The second kappa shape index (κ2) is 10.7. The van der Waals surface area contributed by atoms with Crippen LogP contribution in [-0.2, 0) is 9.53 Å². The topological polar surface area (TPSA) is 38.8 Å². The van der Waals surface area contributed by atoms with Crippen molar-refractivity contribution in [3.8, 4) is 5.75 Å². The average molecular weight is 472 g/mol. The Bertz CT molecular complexity index is 959. The van der Waals surface area contributed by atoms with Crippen LogP contribution in [0.1, 0.15) is 77.8 Å². The van der Waals surface area contributed by atoms with Crippen LogP contribution in [0.4, 0.5) is 0 Å². The van der Waals surface area contributed by atoms with Gasteiger partial charge in [0.1, 0.15) is 5.75 Å². The molecule has 2 aliphatic rings. The molecule has 0 spiro atoms. The zero-order chi connectivity index (χ0) is 23.5. The summed E-state index contributed by atoms with van der Waals surface area (Å²) >= 11 is 6.86. The van der Waals surface area contributed by atoms with E-state index in [-0.39, 0.29) is 30.1 Å². The maximum Gasteiger partial charge on any atom is 0.309 e. The molecule has 0 bridgehead atoms. The van der Waals surface area contributed by atoms with Gasteiger partial charge in [0.05, 0.1) is 23.1 Å². The van der Waals surface area contributed by atoms with Gasteiger partial charge in [0, 0.05) is 11.4 Å². The fourth-order valence-corrected chi connectivity index (χ4v) is 5.49. The molecule has 4 nitrogen and oxygen atoms in total. The number of fused-ring (bicyclic) bond motifs is 1. The summed E-state index contributed by atoms with van der Waals surface area (Å²) in [5.74, 6) is 1.57. The number of hydrogen-bond donors (Lipinski definition) is 0. The molecule has 2 fully saturated rings. The third kappa shape index (κ3) is 5.84. The minimum Gasteiger partial charge on any atom is -0.489 e. The Balaban J connectivity index is 1.44. The van der Waals surface area contributed by atoms with Gasteiger partial charge >= 0.3 is 5.97 Å². The van der Waals surface area contributed by atoms with E-state index in [4.69, 9.17) is 21.1 Å². The molecule has 0 aromatic heterocycles. The molecule has 0 N–H and O–H groups in total. The Kier molecular flexibility index (Phi) is 7.86. The summed E-state index contributed by atoms with van der Waals surface area (Å²) in [7, 11) is 0. The molecular formula is C28H38ClNO3. The van der Waals surface area contributed by atoms with E-state index in [1.807, 2.05) is 19.9 Å². The third-order valence-electron chi connectivity index (χ3n) is 7.45. The van der Waals surface area contributed by atoms with Gasteiger partial charge in [-0.3, -0.25) is 9.69 Å². The highest BCUT2D eigenvalue weighted by molar-refractivity contribution is 6.37. The third-order valence-corrected chi connectivity index (χ3v) is 7.84. The lowest BCUT2D eigenvalue weighted by atomic mass is 9.89. The molecule has 1 atom stereocenters. The first-order valence-corrected chi connectivity index (χ1v) is 13.0. The van der Waals surface area contributed by atoms with E-state index in [0.29, 0.717) is 0 Å². The molecular weight excluding hydrogens is 434 g/mol. The summed E-state index contributed by atoms with van der Waals surface area (Å²) in [4.78, 5) is 14.7. The smallest absolute Gasteiger partial charge is 0.309 e. The van der Waals surface area contributed by atoms with E-state index in [1.54, 1.807) is 0 Å². The molecule has 1 heterocycles. The predicted molar refractivity (Wildman–Crippen MR) is 135 cm³/mol. The first-order valence-electron chi connectivity index (χ1n) is 12.6. The maximum atomic E-state index is 12.3. The number of carbonyl (C=O) groups excluding carboxylic acids is 1. The fraction of sp³-hybridized carbons (Fsp3) is 0.607. The largest absolute Gasteiger partial charge is 0.489 e. The first-order chi connectivity index (χ1) is 15.8. The van der Waals surface area contributed by atoms with Crippen molar-refractivity contribution in [3.05, 3.63) is 40.9 Å². The quantitative estimate of drug-likeness (QED) is 0.418. The highest BCUT2D eigenvalue weighted by atomic mass is 35.5. The lowest BCUT2D eigenvalue weighted by Crippen LogP contribution is -2.38. The number of esters is 1. The number of carbonyl (C=O) groups is 1. The van der Waals surface area contributed by atoms with E-state index in [0.717, 1.165) is 66.2 Å². The van der Waals surface area contributed by atoms with Crippen molar-refractivity contribution in [1.82, 2.24) is 4.90 Å². The van der Waals surface area contributed by atoms with Gasteiger partial charge in [-0.15, -0.1) is 0 Å². The lowest BCUT2D eigenvalue weighted by Gasteiger charge is -2.35. The van der Waals surface area contributed by atoms with Crippen molar-refractivity contribution >= 4 is 28.3 Å². The molecule has 4 rings (SSSR count). The number of benzene rings is 2. The summed E-state index contributed by atoms with van der Waals surface area (Å²) in [6, 6.07) is 11.0. The summed E-state index contributed by atoms with van der Waals surface area (Å²) in [5.41, 5.74) is 1.25. The summed E-state index contributed by atoms with van der Waals surface area (Å²) < 4.78 is 11.8. The van der Waals surface area contributed by atoms with Crippen LogP contribution in [0.5, 0.6) is 5.75 Å². The Labute approximate surface area is 203 Å². The average Bonchev–Trinajstić information content (AvgIpc) is 2.81. The van der Waals surface area contributed by atoms with Crippen LogP contribution in [0.3, 0.4) is 0 Å². The number of hydrogen-bond acceptors (Lipinski definition) is 4. The van der Waals surface area contributed by atoms with Gasteiger partial charge in [-0.05, 0) is 101 Å². The zero-order valence-electron chi connectivity index (χ0n) is 20.5. The SMILES string of the molecule is CC(C)OC(=O)C1CCN(C(C)c2ccc3ccc(O[C@H]4CC[C@@H](C)CC4)c(Cl)c3c2)CC1. The van der Waals surface area contributed by atoms with Crippen molar-refractivity contribution < 1.29 is 14.3 Å². The predicted octanol–water partition coefficient (Wildman–Crippen LogP) is 7.18. The monoisotopic (exact) mass is 471 g/mol. The molecule has 5 heteroatoms. The van der Waals surface area contributed by atoms with Crippen molar-refractivity contribution in [2.24, 2.45) is 11.8 Å². The zero-order valence-corrected chi connectivity index (χ0v) is 21.2. The molecule has 1 saturated heterocycles. The summed E-state index contributed by atoms with van der Waals surface area (Å²) in [5, 5.41) is 2.91. The number of ether oxygens (including phenoxy) is 2. The standard InChI is InChI=1S/C28H38ClNO3/c1-18(2)32-28(31)22-13-15-30(16-14-22)20(4)23-8-7-21-9-12-26(27(29)25(21)17-23)33-24-10-5-19(3)6-11-24/h7-9,12,17-20,22,24H,5-6,10-11,13-16H2,1-4H3/t19-,20?,24+. The second-order valence-corrected chi connectivity index (χ2v) is 10.7. The number of nitrogens with zero attached hydrogens (tertiary/aromatic N) is 1. The molecule has 1 aliphatic heterocycles. The first kappa shape index (κ1) is 24.3. The molecule has 180 valence electrons. The lowest BCUT2D eigenvalue weighted by molar-refractivity contribution is -0.154. The van der Waals surface area contributed by atoms with E-state index in [9.17, 15) is 4.79 Å². The van der Waals surface area contributed by atoms with Crippen LogP contribution in [0.2, 0.25) is 5.02 Å². The van der Waals surface area contributed by atoms with E-state index in [1.165, 1.54) is 18.4 Å². The van der Waals surface area contributed by atoms with E-state index >= 15 is 0 Å². The van der Waals surface area contributed by atoms with Crippen LogP contribution in [-0.4, -0.2) is 36.2 Å². The van der Waals surface area contributed by atoms with Crippen LogP contribution in [0.15, 0.2) is 30.3 Å². The Morgan fingerprint density at radius 3 is 2.33 bits per heavy atom. The molecule has 0 amide bonds. The molecule has 0 radical (unpaired) electrons. The molecule has 2 aromatic carbocycles. The van der Waals surface area contributed by atoms with E-state index in [2.05, 4.69) is 43.0 Å². The van der Waals surface area contributed by atoms with Gasteiger partial charge in [0.2, 0.25) is 0 Å². The number of piperidine rings is 1. The van der Waals surface area contributed by atoms with Gasteiger partial charge < -0.3 is 9.47 Å². The molecule has 2 aromatic rings. The Morgan fingerprint density at radius 2 is 1.67 bits per heavy atom. The number of likely N-dealkylation sites (tertiary alicyclic amines) is 1. The van der Waals surface area contributed by atoms with Gasteiger partial charge in [-0.25, -0.2) is 0 Å². The Hall–Kier alpha value is -1.78. The number of rotatable bonds is 6. The van der Waals surface area contributed by atoms with Gasteiger partial charge in [-0.1, -0.05) is 36.7 Å². The van der Waals surface area contributed by atoms with Gasteiger partial charge in [0.15, 0.2) is 0 Å². The van der Waals surface area contributed by atoms with Crippen molar-refractivity contribution in [3.63, 3.8) is 0 Å². The second-order valence-electron chi connectivity index (χ2n) is 10.3. The number of halogens is 1. The van der Waals surface area contributed by atoms with E-state index < -0.39 is 0 Å². The normalized spacial score (nSPS) is 23.6. The van der Waals surface area contributed by atoms with Crippen LogP contribution in [0, 0.1) is 11.8 Å². The minimum atomic E-state index is -0.0488. The van der Waals surface area contributed by atoms with Crippen molar-refractivity contribution in [2.75, 3.05) is 13.1 Å². The highest BCUT2D eigenvalue weighted by Crippen LogP contribution is 2.38. The van der Waals surface area contributed by atoms with Crippen molar-refractivity contribution in [1.29, 1.82) is 0 Å². The molecule has 1 aliphatic carbocycles. The summed E-state index contributed by atoms with van der Waals surface area (Å²) in [6.45, 7) is 10.2. The highest BCUT2D eigenvalue weighted by Gasteiger charge is 2.29. The van der Waals surface area contributed by atoms with Crippen LogP contribution >= 0.6 is 11.6 Å². The fourth-order valence-electron chi connectivity index (χ4n) is 5.22. The molecule has 33 heavy (non-hydrogen) atoms. The van der Waals surface area contributed by atoms with Crippen LogP contribution in [0.25, 0.3) is 10.8 Å².